The molecule has 3 aliphatic rings. The highest BCUT2D eigenvalue weighted by molar-refractivity contribution is 7.24. The summed E-state index contributed by atoms with van der Waals surface area (Å²) in [5.41, 5.74) is 3.17. The first-order chi connectivity index (χ1) is 9.49. The molecule has 0 aromatic rings. The van der Waals surface area contributed by atoms with Crippen molar-refractivity contribution in [2.24, 2.45) is 15.0 Å². The molecule has 0 saturated carbocycles. The Morgan fingerprint density at radius 2 is 1.95 bits per heavy atom. The molecular weight excluding hydrogens is 241 g/mol. The van der Waals surface area contributed by atoms with Crippen molar-refractivity contribution in [2.45, 2.75) is 20.8 Å². The molecule has 7 heteroatoms. The van der Waals surface area contributed by atoms with Gasteiger partial charge in [-0.25, -0.2) is 0 Å². The van der Waals surface area contributed by atoms with Crippen molar-refractivity contribution in [1.82, 2.24) is 0 Å². The molecule has 3 rings (SSSR count). The fourth-order valence-electron chi connectivity index (χ4n) is 1.52. The van der Waals surface area contributed by atoms with Crippen LogP contribution < -0.4 is 0 Å². The largest absolute Gasteiger partial charge is 0.286 e. The Balaban J connectivity index is 0.000000151. The van der Waals surface area contributed by atoms with Crippen molar-refractivity contribution in [1.29, 1.82) is 0 Å². The van der Waals surface area contributed by atoms with Gasteiger partial charge in [-0.15, -0.1) is 0 Å². The minimum atomic E-state index is 0.0694. The summed E-state index contributed by atoms with van der Waals surface area (Å²) < 4.78 is 0. The summed E-state index contributed by atoms with van der Waals surface area (Å²) in [4.78, 5) is 11.9. The highest BCUT2D eigenvalue weighted by atomic mass is 14.7. The quantitative estimate of drug-likeness (QED) is 0.590. The molecule has 0 fully saturated rings. The Kier molecular flexibility index (Phi) is 7.13. The maximum atomic E-state index is 5.46. The van der Waals surface area contributed by atoms with Crippen molar-refractivity contribution in [2.75, 3.05) is 6.54 Å². The molecule has 0 atom stereocenters. The van der Waals surface area contributed by atoms with E-state index in [1.165, 1.54) is 0 Å². The molecule has 3 heterocycles. The van der Waals surface area contributed by atoms with E-state index < -0.39 is 0 Å². The second-order valence-electron chi connectivity index (χ2n) is 4.69. The first-order valence-electron chi connectivity index (χ1n) is 6.61. The first-order valence-corrected chi connectivity index (χ1v) is 6.61. The van der Waals surface area contributed by atoms with Crippen LogP contribution in [0.3, 0.4) is 0 Å². The van der Waals surface area contributed by atoms with Gasteiger partial charge in [-0.2, -0.15) is 0 Å². The van der Waals surface area contributed by atoms with E-state index in [0.29, 0.717) is 0 Å². The summed E-state index contributed by atoms with van der Waals surface area (Å²) in [7, 11) is 10.9. The summed E-state index contributed by atoms with van der Waals surface area (Å²) >= 11 is 0. The van der Waals surface area contributed by atoms with Crippen molar-refractivity contribution >= 4 is 46.1 Å². The van der Waals surface area contributed by atoms with Crippen LogP contribution in [-0.2, 0) is 0 Å². The van der Waals surface area contributed by atoms with Crippen LogP contribution in [0.5, 0.6) is 0 Å². The Labute approximate surface area is 125 Å². The van der Waals surface area contributed by atoms with Gasteiger partial charge in [-0.3, -0.25) is 15.0 Å². The average molecular weight is 259 g/mol. The number of allylic oxidation sites excluding steroid dienone is 2. The number of hydrogen-bond donors (Lipinski definition) is 0. The van der Waals surface area contributed by atoms with Gasteiger partial charge >= 0.3 is 0 Å². The van der Waals surface area contributed by atoms with Crippen molar-refractivity contribution in [3.63, 3.8) is 0 Å². The van der Waals surface area contributed by atoms with E-state index in [1.54, 1.807) is 12.3 Å². The third-order valence-corrected chi connectivity index (χ3v) is 2.74. The average Bonchev–Trinajstić information content (AvgIpc) is 3.09. The fraction of sp³-hybridized carbons (Fsp3) is 0.308. The molecule has 96 valence electrons. The molecule has 0 spiro atoms. The zero-order valence-electron chi connectivity index (χ0n) is 12.3. The molecule has 0 N–H and O–H groups in total. The number of hydrogen-bond acceptors (Lipinski definition) is 3. The second-order valence-corrected chi connectivity index (χ2v) is 4.69. The van der Waals surface area contributed by atoms with Crippen LogP contribution in [0.25, 0.3) is 0 Å². The van der Waals surface area contributed by atoms with E-state index in [2.05, 4.69) is 21.1 Å². The Morgan fingerprint density at radius 1 is 1.20 bits per heavy atom. The lowest BCUT2D eigenvalue weighted by molar-refractivity contribution is 1.28. The third-order valence-electron chi connectivity index (χ3n) is 2.74. The first kappa shape index (κ1) is 16.5. The van der Waals surface area contributed by atoms with Crippen molar-refractivity contribution < 1.29 is 0 Å². The zero-order valence-corrected chi connectivity index (χ0v) is 12.3. The number of rotatable bonds is 0. The Morgan fingerprint density at radius 3 is 2.10 bits per heavy atom. The highest BCUT2D eigenvalue weighted by Gasteiger charge is 2.07. The van der Waals surface area contributed by atoms with Gasteiger partial charge in [0, 0.05) is 33.1 Å². The molecule has 4 radical (unpaired) electrons. The van der Waals surface area contributed by atoms with E-state index in [0.717, 1.165) is 23.6 Å². The lowest BCUT2D eigenvalue weighted by Crippen LogP contribution is -2.17. The van der Waals surface area contributed by atoms with Gasteiger partial charge in [0.05, 0.1) is 6.54 Å². The van der Waals surface area contributed by atoms with Crippen LogP contribution >= 0.6 is 0 Å². The monoisotopic (exact) mass is 259 g/mol. The maximum absolute atomic E-state index is 5.46. The minimum absolute atomic E-state index is 0.0694. The molecule has 0 aromatic heterocycles. The van der Waals surface area contributed by atoms with Gasteiger partial charge in [-0.1, -0.05) is 18.0 Å². The van der Waals surface area contributed by atoms with Gasteiger partial charge in [0.15, 0.2) is 13.2 Å². The molecule has 0 amide bonds. The second kappa shape index (κ2) is 8.62. The van der Waals surface area contributed by atoms with Gasteiger partial charge in [0.25, 0.3) is 0 Å². The molecule has 3 aliphatic heterocycles. The van der Waals surface area contributed by atoms with Crippen molar-refractivity contribution in [3.05, 3.63) is 36.0 Å². The lowest BCUT2D eigenvalue weighted by Gasteiger charge is -1.89. The molecule has 0 unspecified atom stereocenters. The summed E-state index contributed by atoms with van der Waals surface area (Å²) in [6.07, 6.45) is 7.55. The SMILES string of the molecule is CC1=NCC=C1.[B]B1C=CN=C1C.[B]B1C=NC(C)=C1. The molecule has 20 heavy (non-hydrogen) atoms. The predicted octanol–water partition coefficient (Wildman–Crippen LogP) is 1.44. The highest BCUT2D eigenvalue weighted by Crippen LogP contribution is 1.99. The Bertz CT molecular complexity index is 501. The Hall–Kier alpha value is -1.51. The van der Waals surface area contributed by atoms with E-state index in [1.807, 2.05) is 38.8 Å². The zero-order chi connectivity index (χ0) is 15.0. The van der Waals surface area contributed by atoms with Crippen LogP contribution in [0.1, 0.15) is 20.8 Å². The van der Waals surface area contributed by atoms with Crippen LogP contribution in [0.15, 0.2) is 51.0 Å². The normalized spacial score (nSPS) is 18.1. The molecule has 0 aliphatic carbocycles. The van der Waals surface area contributed by atoms with Crippen LogP contribution in [-0.4, -0.2) is 52.7 Å². The fourth-order valence-corrected chi connectivity index (χ4v) is 1.52. The molecule has 3 nitrogen and oxygen atoms in total. The summed E-state index contributed by atoms with van der Waals surface area (Å²) in [5, 5.41) is 0. The topological polar surface area (TPSA) is 37.1 Å². The maximum Gasteiger partial charge on any atom is 0.171 e. The number of nitrogens with zero attached hydrogens (tertiary/aromatic N) is 3. The van der Waals surface area contributed by atoms with Crippen LogP contribution in [0, 0.1) is 0 Å². The van der Waals surface area contributed by atoms with Crippen LogP contribution in [0.2, 0.25) is 0 Å². The molecular formula is C13H17B4N3. The molecule has 0 aromatic carbocycles. The van der Waals surface area contributed by atoms with E-state index in [4.69, 9.17) is 15.5 Å². The summed E-state index contributed by atoms with van der Waals surface area (Å²) in [6, 6.07) is 0. The van der Waals surface area contributed by atoms with Gasteiger partial charge in [-0.05, 0) is 38.6 Å². The smallest absolute Gasteiger partial charge is 0.171 e. The van der Waals surface area contributed by atoms with Crippen LogP contribution in [0.4, 0.5) is 0 Å². The standard InChI is InChI=1S/C5H7N.2C4H5B2N/c1-5-3-2-4-6-5;1-4-2-6(5)3-7-4;1-4-6(5)2-3-7-4/h2-3H,4H2,1H3;2*2-3H,1H3. The van der Waals surface area contributed by atoms with E-state index in [9.17, 15) is 0 Å². The van der Waals surface area contributed by atoms with Gasteiger partial charge in [0.1, 0.15) is 0 Å². The van der Waals surface area contributed by atoms with Crippen molar-refractivity contribution in [3.8, 4) is 0 Å². The van der Waals surface area contributed by atoms with E-state index >= 15 is 0 Å². The number of aliphatic imine (C=N–C) groups is 3. The summed E-state index contributed by atoms with van der Waals surface area (Å²) in [6.45, 7) is 6.91. The van der Waals surface area contributed by atoms with E-state index in [-0.39, 0.29) is 13.2 Å². The predicted molar refractivity (Wildman–Crippen MR) is 94.6 cm³/mol. The minimum Gasteiger partial charge on any atom is -0.286 e. The molecule has 0 bridgehead atoms. The van der Waals surface area contributed by atoms with Gasteiger partial charge in [0.2, 0.25) is 0 Å². The third kappa shape index (κ3) is 6.60. The lowest BCUT2D eigenvalue weighted by atomic mass is 9.31. The summed E-state index contributed by atoms with van der Waals surface area (Å²) in [5.74, 6) is 3.79. The van der Waals surface area contributed by atoms with Gasteiger partial charge < -0.3 is 0 Å². The molecule has 0 saturated heterocycles.